The van der Waals surface area contributed by atoms with Crippen LogP contribution in [0.15, 0.2) is 18.2 Å². The van der Waals surface area contributed by atoms with Gasteiger partial charge in [-0.2, -0.15) is 0 Å². The molecule has 1 amide bonds. The van der Waals surface area contributed by atoms with Gasteiger partial charge in [0.2, 0.25) is 0 Å². The first kappa shape index (κ1) is 11.0. The Balaban J connectivity index is 2.15. The Morgan fingerprint density at radius 1 is 1.50 bits per heavy atom. The van der Waals surface area contributed by atoms with Crippen LogP contribution in [-0.4, -0.2) is 24.8 Å². The summed E-state index contributed by atoms with van der Waals surface area (Å²) in [4.78, 5) is 21.8. The molecule has 5 heteroatoms. The zero-order valence-electron chi connectivity index (χ0n) is 8.40. The van der Waals surface area contributed by atoms with Gasteiger partial charge in [-0.15, -0.1) is 0 Å². The average Bonchev–Trinajstić information content (AvgIpc) is 2.67. The topological polar surface area (TPSA) is 55.4 Å². The van der Waals surface area contributed by atoms with E-state index in [1.165, 1.54) is 6.07 Å². The minimum Gasteiger partial charge on any atom is -0.479 e. The summed E-state index contributed by atoms with van der Waals surface area (Å²) in [6, 6.07) is 4.70. The predicted molar refractivity (Wildman–Crippen MR) is 58.9 cm³/mol. The number of ether oxygens (including phenoxy) is 1. The van der Waals surface area contributed by atoms with E-state index < -0.39 is 6.10 Å². The smallest absolute Gasteiger partial charge is 0.261 e. The Hall–Kier alpha value is -1.55. The Morgan fingerprint density at radius 3 is 2.88 bits per heavy atom. The lowest BCUT2D eigenvalue weighted by Crippen LogP contribution is -2.27. The molecule has 1 aromatic carbocycles. The molecule has 1 heterocycles. The predicted octanol–water partition coefficient (Wildman–Crippen LogP) is 1.42. The third-order valence-corrected chi connectivity index (χ3v) is 2.65. The van der Waals surface area contributed by atoms with Gasteiger partial charge in [-0.05, 0) is 18.2 Å². The fraction of sp³-hybridized carbons (Fsp3) is 0.273. The number of nitrogens with one attached hydrogen (secondary N) is 1. The van der Waals surface area contributed by atoms with E-state index in [9.17, 15) is 9.59 Å². The zero-order chi connectivity index (χ0) is 11.5. The Morgan fingerprint density at radius 2 is 2.31 bits per heavy atom. The molecular formula is C11H10ClNO3. The van der Waals surface area contributed by atoms with Crippen LogP contribution in [0.1, 0.15) is 16.8 Å². The number of carbonyl (C=O) groups is 2. The molecule has 1 saturated heterocycles. The van der Waals surface area contributed by atoms with E-state index in [4.69, 9.17) is 16.3 Å². The summed E-state index contributed by atoms with van der Waals surface area (Å²) in [7, 11) is 0. The van der Waals surface area contributed by atoms with Crippen molar-refractivity contribution in [3.8, 4) is 5.75 Å². The Labute approximate surface area is 97.5 Å². The molecule has 1 aliphatic rings. The van der Waals surface area contributed by atoms with Gasteiger partial charge in [-0.3, -0.25) is 9.59 Å². The lowest BCUT2D eigenvalue weighted by atomic mass is 10.2. The van der Waals surface area contributed by atoms with Crippen LogP contribution in [0.4, 0.5) is 0 Å². The molecule has 1 aromatic rings. The quantitative estimate of drug-likeness (QED) is 0.812. The van der Waals surface area contributed by atoms with Crippen LogP contribution in [0.5, 0.6) is 5.75 Å². The van der Waals surface area contributed by atoms with E-state index in [0.29, 0.717) is 35.6 Å². The number of carbonyl (C=O) groups excluding carboxylic acids is 2. The largest absolute Gasteiger partial charge is 0.479 e. The molecule has 0 aliphatic carbocycles. The second-order valence-electron chi connectivity index (χ2n) is 3.49. The first-order valence-corrected chi connectivity index (χ1v) is 5.27. The Kier molecular flexibility index (Phi) is 3.10. The first-order valence-electron chi connectivity index (χ1n) is 4.90. The molecule has 0 bridgehead atoms. The number of aldehydes is 1. The van der Waals surface area contributed by atoms with Gasteiger partial charge in [0.15, 0.2) is 6.10 Å². The van der Waals surface area contributed by atoms with Gasteiger partial charge in [-0.25, -0.2) is 0 Å². The molecule has 1 atom stereocenters. The first-order chi connectivity index (χ1) is 7.70. The number of hydrogen-bond donors (Lipinski definition) is 1. The molecule has 0 radical (unpaired) electrons. The molecule has 1 unspecified atom stereocenters. The lowest BCUT2D eigenvalue weighted by molar-refractivity contribution is -0.124. The van der Waals surface area contributed by atoms with Crippen molar-refractivity contribution < 1.29 is 14.3 Å². The number of rotatable bonds is 3. The maximum Gasteiger partial charge on any atom is 0.261 e. The van der Waals surface area contributed by atoms with Crippen molar-refractivity contribution >= 4 is 23.8 Å². The molecule has 1 fully saturated rings. The van der Waals surface area contributed by atoms with Gasteiger partial charge in [0.05, 0.1) is 5.02 Å². The summed E-state index contributed by atoms with van der Waals surface area (Å²) in [6.07, 6.45) is 0.849. The third-order valence-electron chi connectivity index (χ3n) is 2.36. The molecular weight excluding hydrogens is 230 g/mol. The summed E-state index contributed by atoms with van der Waals surface area (Å²) in [6.45, 7) is 0.619. The molecule has 1 N–H and O–H groups in total. The van der Waals surface area contributed by atoms with E-state index in [1.807, 2.05) is 0 Å². The highest BCUT2D eigenvalue weighted by Gasteiger charge is 2.26. The molecule has 1 aliphatic heterocycles. The van der Waals surface area contributed by atoms with Gasteiger partial charge < -0.3 is 10.1 Å². The van der Waals surface area contributed by atoms with Crippen LogP contribution in [-0.2, 0) is 4.79 Å². The molecule has 0 spiro atoms. The average molecular weight is 240 g/mol. The monoisotopic (exact) mass is 239 g/mol. The molecule has 84 valence electrons. The number of halogens is 1. The van der Waals surface area contributed by atoms with Gasteiger partial charge in [0.1, 0.15) is 12.0 Å². The normalized spacial score (nSPS) is 19.3. The van der Waals surface area contributed by atoms with E-state index in [2.05, 4.69) is 5.32 Å². The van der Waals surface area contributed by atoms with Crippen LogP contribution < -0.4 is 10.1 Å². The minimum absolute atomic E-state index is 0.129. The second-order valence-corrected chi connectivity index (χ2v) is 3.90. The van der Waals surface area contributed by atoms with Gasteiger partial charge in [-0.1, -0.05) is 11.6 Å². The van der Waals surface area contributed by atoms with Crippen LogP contribution in [0.25, 0.3) is 0 Å². The van der Waals surface area contributed by atoms with Gasteiger partial charge in [0, 0.05) is 18.5 Å². The van der Waals surface area contributed by atoms with Crippen molar-refractivity contribution in [3.63, 3.8) is 0 Å². The summed E-state index contributed by atoms with van der Waals surface area (Å²) in [5.74, 6) is 0.296. The van der Waals surface area contributed by atoms with Crippen molar-refractivity contribution in [2.75, 3.05) is 6.54 Å². The van der Waals surface area contributed by atoms with Crippen LogP contribution in [0, 0.1) is 0 Å². The molecule has 0 saturated carbocycles. The van der Waals surface area contributed by atoms with E-state index in [1.54, 1.807) is 12.1 Å². The van der Waals surface area contributed by atoms with Crippen LogP contribution in [0.3, 0.4) is 0 Å². The molecule has 0 aromatic heterocycles. The van der Waals surface area contributed by atoms with Gasteiger partial charge in [0.25, 0.3) is 5.91 Å². The highest BCUT2D eigenvalue weighted by molar-refractivity contribution is 6.32. The van der Waals surface area contributed by atoms with Crippen LogP contribution in [0.2, 0.25) is 5.02 Å². The summed E-state index contributed by atoms with van der Waals surface area (Å²) >= 11 is 5.92. The second kappa shape index (κ2) is 4.53. The minimum atomic E-state index is -0.486. The summed E-state index contributed by atoms with van der Waals surface area (Å²) < 4.78 is 5.46. The number of hydrogen-bond acceptors (Lipinski definition) is 3. The van der Waals surface area contributed by atoms with E-state index in [-0.39, 0.29) is 5.91 Å². The van der Waals surface area contributed by atoms with Crippen molar-refractivity contribution in [2.24, 2.45) is 0 Å². The summed E-state index contributed by atoms with van der Waals surface area (Å²) in [5.41, 5.74) is 0.480. The highest BCUT2D eigenvalue weighted by Crippen LogP contribution is 2.26. The number of benzene rings is 1. The lowest BCUT2D eigenvalue weighted by Gasteiger charge is -2.12. The van der Waals surface area contributed by atoms with Crippen molar-refractivity contribution in [2.45, 2.75) is 12.5 Å². The Bertz CT molecular complexity index is 433. The fourth-order valence-corrected chi connectivity index (χ4v) is 1.76. The van der Waals surface area contributed by atoms with Gasteiger partial charge >= 0.3 is 0 Å². The number of amides is 1. The van der Waals surface area contributed by atoms with Crippen LogP contribution >= 0.6 is 11.6 Å². The fourth-order valence-electron chi connectivity index (χ4n) is 1.52. The van der Waals surface area contributed by atoms with E-state index in [0.717, 1.165) is 0 Å². The maximum absolute atomic E-state index is 11.3. The van der Waals surface area contributed by atoms with Crippen molar-refractivity contribution in [1.82, 2.24) is 5.32 Å². The maximum atomic E-state index is 11.3. The SMILES string of the molecule is O=Cc1ccc(OC2CCNC2=O)c(Cl)c1. The summed E-state index contributed by atoms with van der Waals surface area (Å²) in [5, 5.41) is 3.01. The van der Waals surface area contributed by atoms with E-state index >= 15 is 0 Å². The molecule has 4 nitrogen and oxygen atoms in total. The highest BCUT2D eigenvalue weighted by atomic mass is 35.5. The van der Waals surface area contributed by atoms with Crippen molar-refractivity contribution in [3.05, 3.63) is 28.8 Å². The zero-order valence-corrected chi connectivity index (χ0v) is 9.16. The third kappa shape index (κ3) is 2.17. The molecule has 16 heavy (non-hydrogen) atoms. The standard InChI is InChI=1S/C11H10ClNO3/c12-8-5-7(6-14)1-2-9(8)16-10-3-4-13-11(10)15/h1-2,5-6,10H,3-4H2,(H,13,15). The molecule has 2 rings (SSSR count). The van der Waals surface area contributed by atoms with Crippen molar-refractivity contribution in [1.29, 1.82) is 0 Å².